The van der Waals surface area contributed by atoms with Crippen molar-refractivity contribution >= 4 is 17.2 Å². The van der Waals surface area contributed by atoms with Gasteiger partial charge in [0.25, 0.3) is 0 Å². The van der Waals surface area contributed by atoms with Gasteiger partial charge in [-0.15, -0.1) is 0 Å². The molecule has 2 aliphatic rings. The van der Waals surface area contributed by atoms with Crippen molar-refractivity contribution in [3.63, 3.8) is 0 Å². The van der Waals surface area contributed by atoms with E-state index in [1.807, 2.05) is 62.4 Å². The molecule has 3 aromatic rings. The van der Waals surface area contributed by atoms with E-state index in [9.17, 15) is 4.79 Å². The van der Waals surface area contributed by atoms with E-state index >= 15 is 0 Å². The number of carbonyl (C=O) groups excluding carboxylic acids is 1. The molecule has 32 heavy (non-hydrogen) atoms. The Morgan fingerprint density at radius 3 is 2.34 bits per heavy atom. The van der Waals surface area contributed by atoms with Gasteiger partial charge < -0.3 is 15.4 Å². The maximum atomic E-state index is 13.7. The molecule has 0 fully saturated rings. The van der Waals surface area contributed by atoms with Crippen molar-refractivity contribution < 1.29 is 9.53 Å². The first-order valence-corrected chi connectivity index (χ1v) is 11.3. The number of carbonyl (C=O) groups is 1. The zero-order valence-electron chi connectivity index (χ0n) is 18.4. The predicted molar refractivity (Wildman–Crippen MR) is 129 cm³/mol. The number of ether oxygens (including phenoxy) is 1. The number of hydrogen-bond acceptors (Lipinski definition) is 4. The average molecular weight is 425 g/mol. The van der Waals surface area contributed by atoms with Crippen molar-refractivity contribution in [3.05, 3.63) is 102 Å². The van der Waals surface area contributed by atoms with Crippen LogP contribution in [0.5, 0.6) is 5.75 Å². The van der Waals surface area contributed by atoms with Gasteiger partial charge in [0.1, 0.15) is 11.5 Å². The van der Waals surface area contributed by atoms with Crippen molar-refractivity contribution in [3.8, 4) is 5.75 Å². The summed E-state index contributed by atoms with van der Waals surface area (Å²) in [6, 6.07) is 26.2. The van der Waals surface area contributed by atoms with Gasteiger partial charge in [0.15, 0.2) is 0 Å². The molecule has 4 heteroatoms. The average Bonchev–Trinajstić information content (AvgIpc) is 2.96. The van der Waals surface area contributed by atoms with Crippen LogP contribution >= 0.6 is 0 Å². The Morgan fingerprint density at radius 1 is 0.875 bits per heavy atom. The number of para-hydroxylation sites is 3. The third-order valence-electron chi connectivity index (χ3n) is 6.18. The van der Waals surface area contributed by atoms with E-state index in [0.717, 1.165) is 28.4 Å². The van der Waals surface area contributed by atoms with Gasteiger partial charge in [-0.2, -0.15) is 0 Å². The molecule has 3 unspecified atom stereocenters. The highest BCUT2D eigenvalue weighted by molar-refractivity contribution is 5.90. The van der Waals surface area contributed by atoms with Crippen LogP contribution < -0.4 is 15.4 Å². The lowest BCUT2D eigenvalue weighted by molar-refractivity contribution is -0.122. The van der Waals surface area contributed by atoms with Crippen LogP contribution in [0.1, 0.15) is 43.4 Å². The summed E-state index contributed by atoms with van der Waals surface area (Å²) >= 11 is 0. The molecule has 0 spiro atoms. The topological polar surface area (TPSA) is 50.4 Å². The summed E-state index contributed by atoms with van der Waals surface area (Å²) in [6.45, 7) is 4.05. The first-order valence-electron chi connectivity index (χ1n) is 11.3. The highest BCUT2D eigenvalue weighted by Crippen LogP contribution is 2.46. The Hall–Kier alpha value is -3.53. The van der Waals surface area contributed by atoms with Gasteiger partial charge in [-0.05, 0) is 37.6 Å². The van der Waals surface area contributed by atoms with Crippen LogP contribution in [0.25, 0.3) is 0 Å². The van der Waals surface area contributed by atoms with Crippen LogP contribution in [0.3, 0.4) is 0 Å². The summed E-state index contributed by atoms with van der Waals surface area (Å²) in [7, 11) is 0. The standard InChI is InChI=1S/C28H28N2O2/c1-18(2)32-26-15-9-6-12-21(26)28-27-24(29-22-13-7-8-14-23(22)30-28)16-20(17-25(27)31)19-10-4-3-5-11-19/h3-16,18,20,27-30H,17H2,1-2H3. The second-order valence-corrected chi connectivity index (χ2v) is 8.78. The molecule has 1 aliphatic carbocycles. The van der Waals surface area contributed by atoms with Crippen LogP contribution in [0.2, 0.25) is 0 Å². The molecule has 0 saturated heterocycles. The number of nitrogens with one attached hydrogen (secondary N) is 2. The second-order valence-electron chi connectivity index (χ2n) is 8.78. The van der Waals surface area contributed by atoms with E-state index in [2.05, 4.69) is 47.0 Å². The van der Waals surface area contributed by atoms with Crippen molar-refractivity contribution in [2.45, 2.75) is 38.3 Å². The number of rotatable bonds is 4. The van der Waals surface area contributed by atoms with Gasteiger partial charge in [0.05, 0.1) is 29.4 Å². The van der Waals surface area contributed by atoms with Crippen LogP contribution in [-0.4, -0.2) is 11.9 Å². The Kier molecular flexibility index (Phi) is 5.44. The summed E-state index contributed by atoms with van der Waals surface area (Å²) in [5.74, 6) is 0.792. The lowest BCUT2D eigenvalue weighted by atomic mass is 9.76. The quantitative estimate of drug-likeness (QED) is 0.515. The first kappa shape index (κ1) is 20.4. The summed E-state index contributed by atoms with van der Waals surface area (Å²) in [4.78, 5) is 13.7. The number of Topliss-reactive ketones (excluding diaryl/α,β-unsaturated/α-hetero) is 1. The van der Waals surface area contributed by atoms with Gasteiger partial charge in [-0.3, -0.25) is 4.79 Å². The fourth-order valence-electron chi connectivity index (χ4n) is 4.78. The first-order chi connectivity index (χ1) is 15.6. The monoisotopic (exact) mass is 424 g/mol. The SMILES string of the molecule is CC(C)Oc1ccccc1C1Nc2ccccc2NC2=CC(c3ccccc3)CC(=O)C21. The Balaban J connectivity index is 1.63. The van der Waals surface area contributed by atoms with Crippen LogP contribution in [0.15, 0.2) is 90.6 Å². The second kappa shape index (κ2) is 8.54. The van der Waals surface area contributed by atoms with Gasteiger partial charge in [0, 0.05) is 23.6 Å². The molecule has 0 bridgehead atoms. The molecule has 4 nitrogen and oxygen atoms in total. The van der Waals surface area contributed by atoms with E-state index < -0.39 is 0 Å². The maximum Gasteiger partial charge on any atom is 0.145 e. The number of anilines is 2. The molecular formula is C28H28N2O2. The maximum absolute atomic E-state index is 13.7. The third kappa shape index (κ3) is 3.89. The molecule has 0 amide bonds. The summed E-state index contributed by atoms with van der Waals surface area (Å²) in [5, 5.41) is 7.26. The number of benzene rings is 3. The molecule has 3 aromatic carbocycles. The smallest absolute Gasteiger partial charge is 0.145 e. The Bertz CT molecular complexity index is 1150. The van der Waals surface area contributed by atoms with E-state index in [1.165, 1.54) is 5.56 Å². The molecule has 5 rings (SSSR count). The molecule has 1 aliphatic heterocycles. The van der Waals surface area contributed by atoms with E-state index in [-0.39, 0.29) is 29.8 Å². The predicted octanol–water partition coefficient (Wildman–Crippen LogP) is 6.31. The van der Waals surface area contributed by atoms with Crippen LogP contribution in [0.4, 0.5) is 11.4 Å². The lowest BCUT2D eigenvalue weighted by Gasteiger charge is -2.33. The lowest BCUT2D eigenvalue weighted by Crippen LogP contribution is -2.34. The summed E-state index contributed by atoms with van der Waals surface area (Å²) in [6.07, 6.45) is 2.78. The number of fused-ring (bicyclic) bond motifs is 2. The minimum absolute atomic E-state index is 0.0480. The number of hydrogen-bond donors (Lipinski definition) is 2. The largest absolute Gasteiger partial charge is 0.491 e. The molecule has 3 atom stereocenters. The van der Waals surface area contributed by atoms with Gasteiger partial charge in [-0.1, -0.05) is 66.7 Å². The molecule has 2 N–H and O–H groups in total. The molecule has 1 heterocycles. The summed E-state index contributed by atoms with van der Waals surface area (Å²) in [5.41, 5.74) is 5.09. The van der Waals surface area contributed by atoms with Crippen molar-refractivity contribution in [1.82, 2.24) is 0 Å². The highest BCUT2D eigenvalue weighted by Gasteiger charge is 2.40. The highest BCUT2D eigenvalue weighted by atomic mass is 16.5. The third-order valence-corrected chi connectivity index (χ3v) is 6.18. The summed E-state index contributed by atoms with van der Waals surface area (Å²) < 4.78 is 6.14. The van der Waals surface area contributed by atoms with Gasteiger partial charge in [-0.25, -0.2) is 0 Å². The Morgan fingerprint density at radius 2 is 1.56 bits per heavy atom. The molecular weight excluding hydrogens is 396 g/mol. The Labute approximate surface area is 189 Å². The zero-order chi connectivity index (χ0) is 22.1. The van der Waals surface area contributed by atoms with E-state index in [0.29, 0.717) is 6.42 Å². The van der Waals surface area contributed by atoms with Crippen LogP contribution in [0, 0.1) is 5.92 Å². The number of allylic oxidation sites excluding steroid dienone is 1. The van der Waals surface area contributed by atoms with E-state index in [1.54, 1.807) is 0 Å². The molecule has 0 radical (unpaired) electrons. The van der Waals surface area contributed by atoms with Crippen LogP contribution in [-0.2, 0) is 4.79 Å². The molecule has 0 aromatic heterocycles. The zero-order valence-corrected chi connectivity index (χ0v) is 18.4. The van der Waals surface area contributed by atoms with E-state index in [4.69, 9.17) is 4.74 Å². The normalized spacial score (nSPS) is 22.0. The van der Waals surface area contributed by atoms with Crippen molar-refractivity contribution in [2.24, 2.45) is 5.92 Å². The minimum atomic E-state index is -0.320. The fourth-order valence-corrected chi connectivity index (χ4v) is 4.78. The fraction of sp³-hybridized carbons (Fsp3) is 0.250. The van der Waals surface area contributed by atoms with Gasteiger partial charge in [0.2, 0.25) is 0 Å². The van der Waals surface area contributed by atoms with Crippen molar-refractivity contribution in [1.29, 1.82) is 0 Å². The van der Waals surface area contributed by atoms with Gasteiger partial charge >= 0.3 is 0 Å². The number of ketones is 1. The molecule has 162 valence electrons. The molecule has 0 saturated carbocycles. The minimum Gasteiger partial charge on any atom is -0.491 e. The van der Waals surface area contributed by atoms with Crippen molar-refractivity contribution in [2.75, 3.05) is 10.6 Å².